The number of rotatable bonds is 5. The lowest BCUT2D eigenvalue weighted by Gasteiger charge is -2.10. The van der Waals surface area contributed by atoms with Gasteiger partial charge in [0.25, 0.3) is 0 Å². The predicted molar refractivity (Wildman–Crippen MR) is 68.3 cm³/mol. The summed E-state index contributed by atoms with van der Waals surface area (Å²) in [5.41, 5.74) is -4.78. The third-order valence-corrected chi connectivity index (χ3v) is 2.56. The molecule has 0 fully saturated rings. The standard InChI is InChI=1S/C11H10F3N3O5/c1-2-3-9(18)15-10-7(16(19)20)4-6(11(12,13)14)5-8(10)17(21)22/h4-5H,2-3H2,1H3,(H,15,18). The van der Waals surface area contributed by atoms with E-state index in [1.54, 1.807) is 6.92 Å². The Morgan fingerprint density at radius 2 is 1.64 bits per heavy atom. The number of hydrogen-bond donors (Lipinski definition) is 1. The molecular formula is C11H10F3N3O5. The molecule has 0 spiro atoms. The van der Waals surface area contributed by atoms with Crippen molar-refractivity contribution in [1.29, 1.82) is 0 Å². The molecule has 0 aliphatic heterocycles. The van der Waals surface area contributed by atoms with Crippen LogP contribution in [-0.4, -0.2) is 15.8 Å². The molecule has 8 nitrogen and oxygen atoms in total. The van der Waals surface area contributed by atoms with Crippen molar-refractivity contribution in [1.82, 2.24) is 0 Å². The van der Waals surface area contributed by atoms with Crippen molar-refractivity contribution < 1.29 is 27.8 Å². The highest BCUT2D eigenvalue weighted by atomic mass is 19.4. The van der Waals surface area contributed by atoms with Crippen molar-refractivity contribution >= 4 is 23.0 Å². The van der Waals surface area contributed by atoms with Crippen LogP contribution in [0.15, 0.2) is 12.1 Å². The van der Waals surface area contributed by atoms with Gasteiger partial charge in [0.2, 0.25) is 5.91 Å². The molecule has 0 atom stereocenters. The fourth-order valence-corrected chi connectivity index (χ4v) is 1.62. The van der Waals surface area contributed by atoms with E-state index in [-0.39, 0.29) is 18.6 Å². The fourth-order valence-electron chi connectivity index (χ4n) is 1.62. The predicted octanol–water partition coefficient (Wildman–Crippen LogP) is 3.26. The van der Waals surface area contributed by atoms with Crippen LogP contribution in [0.1, 0.15) is 25.3 Å². The number of carbonyl (C=O) groups is 1. The Hall–Kier alpha value is -2.72. The molecule has 0 unspecified atom stereocenters. The summed E-state index contributed by atoms with van der Waals surface area (Å²) < 4.78 is 38.0. The molecule has 0 heterocycles. The summed E-state index contributed by atoms with van der Waals surface area (Å²) in [4.78, 5) is 30.8. The molecule has 22 heavy (non-hydrogen) atoms. The molecule has 1 amide bonds. The van der Waals surface area contributed by atoms with Gasteiger partial charge in [-0.15, -0.1) is 0 Å². The number of nitro groups is 2. The third kappa shape index (κ3) is 3.90. The second-order valence-electron chi connectivity index (χ2n) is 4.20. The Bertz CT molecular complexity index is 595. The van der Waals surface area contributed by atoms with Crippen LogP contribution in [-0.2, 0) is 11.0 Å². The van der Waals surface area contributed by atoms with E-state index in [4.69, 9.17) is 0 Å². The number of halogens is 3. The van der Waals surface area contributed by atoms with E-state index in [9.17, 15) is 38.2 Å². The zero-order chi connectivity index (χ0) is 17.1. The van der Waals surface area contributed by atoms with Crippen LogP contribution in [0, 0.1) is 20.2 Å². The van der Waals surface area contributed by atoms with Gasteiger partial charge in [0.05, 0.1) is 15.4 Å². The Morgan fingerprint density at radius 1 is 1.18 bits per heavy atom. The van der Waals surface area contributed by atoms with Crippen LogP contribution < -0.4 is 5.32 Å². The third-order valence-electron chi connectivity index (χ3n) is 2.56. The molecule has 0 radical (unpaired) electrons. The topological polar surface area (TPSA) is 115 Å². The number of nitro benzene ring substituents is 2. The monoisotopic (exact) mass is 321 g/mol. The van der Waals surface area contributed by atoms with Crippen molar-refractivity contribution in [2.75, 3.05) is 5.32 Å². The van der Waals surface area contributed by atoms with E-state index in [0.29, 0.717) is 6.42 Å². The first-order valence-corrected chi connectivity index (χ1v) is 5.91. The number of alkyl halides is 3. The van der Waals surface area contributed by atoms with E-state index in [1.807, 2.05) is 5.32 Å². The minimum atomic E-state index is -5.00. The van der Waals surface area contributed by atoms with Crippen LogP contribution in [0.3, 0.4) is 0 Å². The Morgan fingerprint density at radius 3 is 1.95 bits per heavy atom. The second kappa shape index (κ2) is 6.37. The first kappa shape index (κ1) is 17.3. The lowest BCUT2D eigenvalue weighted by molar-refractivity contribution is -0.392. The first-order chi connectivity index (χ1) is 10.1. The molecule has 1 rings (SSSR count). The summed E-state index contributed by atoms with van der Waals surface area (Å²) in [6.45, 7) is 1.62. The van der Waals surface area contributed by atoms with Crippen molar-refractivity contribution in [2.24, 2.45) is 0 Å². The maximum Gasteiger partial charge on any atom is 0.416 e. The summed E-state index contributed by atoms with van der Waals surface area (Å²) in [5.74, 6) is -0.770. The molecule has 120 valence electrons. The molecule has 11 heteroatoms. The number of benzene rings is 1. The maximum atomic E-state index is 12.7. The van der Waals surface area contributed by atoms with Crippen molar-refractivity contribution in [3.05, 3.63) is 37.9 Å². The van der Waals surface area contributed by atoms with E-state index in [1.165, 1.54) is 0 Å². The first-order valence-electron chi connectivity index (χ1n) is 5.91. The van der Waals surface area contributed by atoms with Gasteiger partial charge in [-0.3, -0.25) is 25.0 Å². The summed E-state index contributed by atoms with van der Waals surface area (Å²) >= 11 is 0. The maximum absolute atomic E-state index is 12.7. The van der Waals surface area contributed by atoms with Gasteiger partial charge in [-0.2, -0.15) is 13.2 Å². The van der Waals surface area contributed by atoms with Crippen LogP contribution in [0.25, 0.3) is 0 Å². The van der Waals surface area contributed by atoms with Gasteiger partial charge < -0.3 is 5.32 Å². The van der Waals surface area contributed by atoms with Crippen LogP contribution in [0.5, 0.6) is 0 Å². The highest BCUT2D eigenvalue weighted by molar-refractivity contribution is 5.96. The van der Waals surface area contributed by atoms with Gasteiger partial charge in [0.1, 0.15) is 0 Å². The van der Waals surface area contributed by atoms with Gasteiger partial charge >= 0.3 is 17.6 Å². The average molecular weight is 321 g/mol. The quantitative estimate of drug-likeness (QED) is 0.660. The normalized spacial score (nSPS) is 11.1. The summed E-state index contributed by atoms with van der Waals surface area (Å²) in [5, 5.41) is 23.7. The molecule has 0 aliphatic carbocycles. The number of hydrogen-bond acceptors (Lipinski definition) is 5. The SMILES string of the molecule is CCCC(=O)Nc1c([N+](=O)[O-])cc(C(F)(F)F)cc1[N+](=O)[O-]. The van der Waals surface area contributed by atoms with Gasteiger partial charge in [0.15, 0.2) is 5.69 Å². The van der Waals surface area contributed by atoms with Gasteiger partial charge in [-0.25, -0.2) is 0 Å². The number of carbonyl (C=O) groups excluding carboxylic acids is 1. The molecule has 1 aromatic rings. The minimum absolute atomic E-state index is 0.0880. The smallest absolute Gasteiger partial charge is 0.315 e. The molecule has 1 N–H and O–H groups in total. The number of nitrogens with zero attached hydrogens (tertiary/aromatic N) is 2. The van der Waals surface area contributed by atoms with Crippen molar-refractivity contribution in [3.63, 3.8) is 0 Å². The molecular weight excluding hydrogens is 311 g/mol. The Balaban J connectivity index is 3.54. The highest BCUT2D eigenvalue weighted by Gasteiger charge is 2.38. The molecule has 1 aromatic carbocycles. The van der Waals surface area contributed by atoms with Crippen molar-refractivity contribution in [2.45, 2.75) is 25.9 Å². The number of anilines is 1. The Labute approximate surface area is 121 Å². The summed E-state index contributed by atoms with van der Waals surface area (Å²) in [7, 11) is 0. The fraction of sp³-hybridized carbons (Fsp3) is 0.364. The zero-order valence-electron chi connectivity index (χ0n) is 11.1. The van der Waals surface area contributed by atoms with Gasteiger partial charge in [-0.1, -0.05) is 6.92 Å². The lowest BCUT2D eigenvalue weighted by Crippen LogP contribution is -2.15. The largest absolute Gasteiger partial charge is 0.416 e. The zero-order valence-corrected chi connectivity index (χ0v) is 11.1. The molecule has 0 saturated heterocycles. The Kier molecular flexibility index (Phi) is 5.02. The summed E-state index contributed by atoms with van der Waals surface area (Å²) in [6.07, 6.45) is -4.73. The molecule has 0 aliphatic rings. The molecule has 0 bridgehead atoms. The van der Waals surface area contributed by atoms with Gasteiger partial charge in [-0.05, 0) is 6.42 Å². The van der Waals surface area contributed by atoms with Gasteiger partial charge in [0, 0.05) is 18.6 Å². The van der Waals surface area contributed by atoms with E-state index in [0.717, 1.165) is 0 Å². The second-order valence-corrected chi connectivity index (χ2v) is 4.20. The molecule has 0 saturated carbocycles. The van der Waals surface area contributed by atoms with Crippen LogP contribution >= 0.6 is 0 Å². The summed E-state index contributed by atoms with van der Waals surface area (Å²) in [6, 6.07) is 0.295. The number of amides is 1. The van der Waals surface area contributed by atoms with Crippen molar-refractivity contribution in [3.8, 4) is 0 Å². The molecule has 0 aromatic heterocycles. The van der Waals surface area contributed by atoms with E-state index < -0.39 is 44.6 Å². The highest BCUT2D eigenvalue weighted by Crippen LogP contribution is 2.41. The van der Waals surface area contributed by atoms with Crippen LogP contribution in [0.2, 0.25) is 0 Å². The number of nitrogens with one attached hydrogen (secondary N) is 1. The minimum Gasteiger partial charge on any atom is -0.315 e. The van der Waals surface area contributed by atoms with Crippen LogP contribution in [0.4, 0.5) is 30.2 Å². The average Bonchev–Trinajstić information content (AvgIpc) is 2.36. The van der Waals surface area contributed by atoms with E-state index in [2.05, 4.69) is 0 Å². The lowest BCUT2D eigenvalue weighted by atomic mass is 10.1. The van der Waals surface area contributed by atoms with E-state index >= 15 is 0 Å².